The number of anilines is 1. The number of hydrogen-bond acceptors (Lipinski definition) is 3. The van der Waals surface area contributed by atoms with Gasteiger partial charge in [0.15, 0.2) is 0 Å². The van der Waals surface area contributed by atoms with Crippen LogP contribution in [0.15, 0.2) is 60.9 Å². The Hall–Kier alpha value is -3.12. The Balaban J connectivity index is 1.44. The van der Waals surface area contributed by atoms with Crippen LogP contribution in [0.5, 0.6) is 0 Å². The first-order valence-electron chi connectivity index (χ1n) is 9.92. The van der Waals surface area contributed by atoms with Gasteiger partial charge in [0.25, 0.3) is 0 Å². The number of para-hydroxylation sites is 1. The van der Waals surface area contributed by atoms with Crippen LogP contribution < -0.4 is 10.6 Å². The first-order chi connectivity index (χ1) is 14.5. The van der Waals surface area contributed by atoms with Gasteiger partial charge in [0, 0.05) is 42.5 Å². The summed E-state index contributed by atoms with van der Waals surface area (Å²) in [5.41, 5.74) is 2.86. The van der Waals surface area contributed by atoms with E-state index in [-0.39, 0.29) is 24.2 Å². The van der Waals surface area contributed by atoms with E-state index in [0.717, 1.165) is 22.6 Å². The Bertz CT molecular complexity index is 1060. The maximum atomic E-state index is 12.8. The van der Waals surface area contributed by atoms with Crippen molar-refractivity contribution in [2.24, 2.45) is 13.0 Å². The quantitative estimate of drug-likeness (QED) is 0.633. The molecule has 154 valence electrons. The summed E-state index contributed by atoms with van der Waals surface area (Å²) in [5.74, 6) is 0.368. The van der Waals surface area contributed by atoms with E-state index in [2.05, 4.69) is 15.6 Å². The first-order valence-corrected chi connectivity index (χ1v) is 10.3. The molecule has 7 heteroatoms. The minimum absolute atomic E-state index is 0.0279. The molecule has 0 saturated carbocycles. The highest BCUT2D eigenvalue weighted by molar-refractivity contribution is 6.30. The standard InChI is InChI=1S/C23H23ClN4O2/c1-28-13-12-25-22(28)21(15-6-9-18(24)10-7-15)27-20(29)11-8-17-14-16-4-2-3-5-19(16)26-23(17)30/h2-7,9-10,12-13,17,21H,8,11,14H2,1H3,(H,26,30)(H,27,29). The molecule has 1 aliphatic heterocycles. The van der Waals surface area contributed by atoms with Crippen molar-refractivity contribution < 1.29 is 9.59 Å². The van der Waals surface area contributed by atoms with Crippen molar-refractivity contribution in [2.75, 3.05) is 5.32 Å². The van der Waals surface area contributed by atoms with Crippen molar-refractivity contribution in [3.05, 3.63) is 82.9 Å². The molecule has 2 unspecified atom stereocenters. The predicted molar refractivity (Wildman–Crippen MR) is 116 cm³/mol. The Morgan fingerprint density at radius 1 is 1.27 bits per heavy atom. The summed E-state index contributed by atoms with van der Waals surface area (Å²) >= 11 is 6.02. The van der Waals surface area contributed by atoms with E-state index in [1.54, 1.807) is 18.3 Å². The van der Waals surface area contributed by atoms with Crippen molar-refractivity contribution in [1.29, 1.82) is 0 Å². The third-order valence-corrected chi connectivity index (χ3v) is 5.71. The van der Waals surface area contributed by atoms with Gasteiger partial charge in [-0.15, -0.1) is 0 Å². The fourth-order valence-electron chi connectivity index (χ4n) is 3.79. The minimum atomic E-state index is -0.393. The topological polar surface area (TPSA) is 76.0 Å². The number of nitrogens with zero attached hydrogens (tertiary/aromatic N) is 2. The van der Waals surface area contributed by atoms with Crippen LogP contribution in [0, 0.1) is 5.92 Å². The monoisotopic (exact) mass is 422 g/mol. The number of carbonyl (C=O) groups is 2. The number of carbonyl (C=O) groups excluding carboxylic acids is 2. The van der Waals surface area contributed by atoms with E-state index in [9.17, 15) is 9.59 Å². The van der Waals surface area contributed by atoms with Gasteiger partial charge in [0.05, 0.1) is 0 Å². The molecule has 0 spiro atoms. The maximum absolute atomic E-state index is 12.8. The Morgan fingerprint density at radius 2 is 2.03 bits per heavy atom. The number of halogens is 1. The zero-order valence-electron chi connectivity index (χ0n) is 16.6. The van der Waals surface area contributed by atoms with E-state index < -0.39 is 6.04 Å². The fraction of sp³-hybridized carbons (Fsp3) is 0.261. The van der Waals surface area contributed by atoms with Gasteiger partial charge >= 0.3 is 0 Å². The molecule has 4 rings (SSSR count). The average molecular weight is 423 g/mol. The highest BCUT2D eigenvalue weighted by atomic mass is 35.5. The van der Waals surface area contributed by atoms with Crippen molar-refractivity contribution in [3.63, 3.8) is 0 Å². The second-order valence-corrected chi connectivity index (χ2v) is 7.97. The van der Waals surface area contributed by atoms with Crippen LogP contribution in [0.1, 0.15) is 35.8 Å². The molecule has 2 amide bonds. The number of amides is 2. The zero-order chi connectivity index (χ0) is 21.1. The van der Waals surface area contributed by atoms with Gasteiger partial charge in [-0.1, -0.05) is 41.9 Å². The molecule has 2 aromatic carbocycles. The van der Waals surface area contributed by atoms with E-state index in [0.29, 0.717) is 17.9 Å². The van der Waals surface area contributed by atoms with E-state index >= 15 is 0 Å². The second kappa shape index (κ2) is 8.71. The summed E-state index contributed by atoms with van der Waals surface area (Å²) < 4.78 is 1.88. The van der Waals surface area contributed by atoms with Gasteiger partial charge in [-0.3, -0.25) is 9.59 Å². The number of aryl methyl sites for hydroxylation is 1. The number of rotatable bonds is 6. The fourth-order valence-corrected chi connectivity index (χ4v) is 3.92. The molecule has 2 N–H and O–H groups in total. The van der Waals surface area contributed by atoms with Crippen molar-refractivity contribution in [2.45, 2.75) is 25.3 Å². The van der Waals surface area contributed by atoms with Crippen molar-refractivity contribution in [3.8, 4) is 0 Å². The molecule has 3 aromatic rings. The van der Waals surface area contributed by atoms with E-state index in [4.69, 9.17) is 11.6 Å². The van der Waals surface area contributed by atoms with Gasteiger partial charge in [0.1, 0.15) is 11.9 Å². The lowest BCUT2D eigenvalue weighted by Gasteiger charge is -2.25. The number of aromatic nitrogens is 2. The van der Waals surface area contributed by atoms with Gasteiger partial charge in [-0.2, -0.15) is 0 Å². The van der Waals surface area contributed by atoms with Crippen LogP contribution in [0.25, 0.3) is 0 Å². The number of imidazole rings is 1. The summed E-state index contributed by atoms with van der Waals surface area (Å²) in [6, 6.07) is 14.7. The third-order valence-electron chi connectivity index (χ3n) is 5.46. The SMILES string of the molecule is Cn1ccnc1C(NC(=O)CCC1Cc2ccccc2NC1=O)c1ccc(Cl)cc1. The van der Waals surface area contributed by atoms with Gasteiger partial charge in [-0.05, 0) is 42.2 Å². The van der Waals surface area contributed by atoms with E-state index in [1.807, 2.05) is 54.2 Å². The largest absolute Gasteiger partial charge is 0.342 e. The van der Waals surface area contributed by atoms with Crippen LogP contribution in [0.2, 0.25) is 5.02 Å². The lowest BCUT2D eigenvalue weighted by atomic mass is 9.89. The maximum Gasteiger partial charge on any atom is 0.227 e. The molecule has 30 heavy (non-hydrogen) atoms. The van der Waals surface area contributed by atoms with Crippen molar-refractivity contribution >= 4 is 29.1 Å². The summed E-state index contributed by atoms with van der Waals surface area (Å²) in [5, 5.41) is 6.64. The lowest BCUT2D eigenvalue weighted by molar-refractivity contribution is -0.123. The number of fused-ring (bicyclic) bond motifs is 1. The molecule has 0 saturated heterocycles. The minimum Gasteiger partial charge on any atom is -0.342 e. The smallest absolute Gasteiger partial charge is 0.227 e. The molecular weight excluding hydrogens is 400 g/mol. The van der Waals surface area contributed by atoms with Crippen LogP contribution in [0.3, 0.4) is 0 Å². The molecule has 6 nitrogen and oxygen atoms in total. The molecule has 1 aliphatic rings. The molecule has 2 atom stereocenters. The molecule has 0 fully saturated rings. The zero-order valence-corrected chi connectivity index (χ0v) is 17.4. The molecule has 2 heterocycles. The number of benzene rings is 2. The number of nitrogens with one attached hydrogen (secondary N) is 2. The summed E-state index contributed by atoms with van der Waals surface area (Å²) in [6.07, 6.45) is 4.94. The average Bonchev–Trinajstić information content (AvgIpc) is 3.17. The Labute approximate surface area is 180 Å². The second-order valence-electron chi connectivity index (χ2n) is 7.53. The molecule has 1 aromatic heterocycles. The normalized spacial score (nSPS) is 16.5. The first kappa shape index (κ1) is 20.2. The molecule has 0 aliphatic carbocycles. The van der Waals surface area contributed by atoms with E-state index in [1.165, 1.54) is 0 Å². The Kier molecular flexibility index (Phi) is 5.86. The van der Waals surface area contributed by atoms with Gasteiger partial charge < -0.3 is 15.2 Å². The summed E-state index contributed by atoms with van der Waals surface area (Å²) in [4.78, 5) is 29.6. The van der Waals surface area contributed by atoms with Crippen molar-refractivity contribution in [1.82, 2.24) is 14.9 Å². The summed E-state index contributed by atoms with van der Waals surface area (Å²) in [6.45, 7) is 0. The highest BCUT2D eigenvalue weighted by Crippen LogP contribution is 2.28. The van der Waals surface area contributed by atoms with Gasteiger partial charge in [-0.25, -0.2) is 4.98 Å². The van der Waals surface area contributed by atoms with Crippen LogP contribution in [-0.4, -0.2) is 21.4 Å². The lowest BCUT2D eigenvalue weighted by Crippen LogP contribution is -2.34. The number of hydrogen-bond donors (Lipinski definition) is 2. The van der Waals surface area contributed by atoms with Crippen LogP contribution >= 0.6 is 11.6 Å². The third kappa shape index (κ3) is 4.39. The highest BCUT2D eigenvalue weighted by Gasteiger charge is 2.27. The Morgan fingerprint density at radius 3 is 2.77 bits per heavy atom. The molecular formula is C23H23ClN4O2. The molecule has 0 radical (unpaired) electrons. The van der Waals surface area contributed by atoms with Crippen LogP contribution in [-0.2, 0) is 23.1 Å². The predicted octanol–water partition coefficient (Wildman–Crippen LogP) is 3.87. The molecule has 0 bridgehead atoms. The van der Waals surface area contributed by atoms with Gasteiger partial charge in [0.2, 0.25) is 11.8 Å². The van der Waals surface area contributed by atoms with Crippen LogP contribution in [0.4, 0.5) is 5.69 Å². The summed E-state index contributed by atoms with van der Waals surface area (Å²) in [7, 11) is 1.89.